The highest BCUT2D eigenvalue weighted by Gasteiger charge is 2.33. The van der Waals surface area contributed by atoms with Gasteiger partial charge in [-0.15, -0.1) is 0 Å². The van der Waals surface area contributed by atoms with E-state index in [0.717, 1.165) is 0 Å². The van der Waals surface area contributed by atoms with Crippen LogP contribution in [0, 0.1) is 0 Å². The van der Waals surface area contributed by atoms with Gasteiger partial charge in [-0.05, 0) is 52.4 Å². The minimum absolute atomic E-state index is 0.527. The molecule has 0 spiro atoms. The van der Waals surface area contributed by atoms with Crippen molar-refractivity contribution in [2.24, 2.45) is 0 Å². The standard InChI is InChI=1S/2C14H32P.H2O4S/c2*1-5-9-12-15(8-4,13-10-6-2)14-11-7-3;1-5(2,3)4/h2*5-14H2,1-4H3;(H2,1,2,3,4)/q2*+1;/p-2. The predicted octanol–water partition coefficient (Wildman–Crippen LogP) is 9.51. The van der Waals surface area contributed by atoms with Crippen molar-refractivity contribution in [2.75, 3.05) is 49.3 Å². The fourth-order valence-electron chi connectivity index (χ4n) is 4.58. The molecule has 0 aliphatic heterocycles. The third-order valence-corrected chi connectivity index (χ3v) is 17.5. The first-order valence-electron chi connectivity index (χ1n) is 14.9. The molecule has 0 amide bonds. The lowest BCUT2D eigenvalue weighted by atomic mass is 10.4. The van der Waals surface area contributed by atoms with Gasteiger partial charge in [-0.1, -0.05) is 80.1 Å². The highest BCUT2D eigenvalue weighted by molar-refractivity contribution is 7.79. The topological polar surface area (TPSA) is 80.3 Å². The van der Waals surface area contributed by atoms with Gasteiger partial charge in [0.15, 0.2) is 0 Å². The molecule has 216 valence electrons. The normalized spacial score (nSPS) is 11.9. The summed E-state index contributed by atoms with van der Waals surface area (Å²) in [5.41, 5.74) is 0. The van der Waals surface area contributed by atoms with Crippen LogP contribution in [0.25, 0.3) is 0 Å². The van der Waals surface area contributed by atoms with Crippen LogP contribution < -0.4 is 0 Å². The number of unbranched alkanes of at least 4 members (excludes halogenated alkanes) is 6. The molecule has 0 saturated carbocycles. The molecular formula is C28H64O4P2S. The lowest BCUT2D eigenvalue weighted by Crippen LogP contribution is -2.11. The molecule has 0 heterocycles. The van der Waals surface area contributed by atoms with Crippen LogP contribution in [0.1, 0.15) is 132 Å². The zero-order chi connectivity index (χ0) is 27.6. The van der Waals surface area contributed by atoms with Crippen molar-refractivity contribution in [1.29, 1.82) is 0 Å². The SMILES string of the molecule is CCCC[P+](CC)(CCCC)CCCC.CCCC[P+](CC)(CCCC)CCCC.O=S(=O)([O-])[O-]. The van der Waals surface area contributed by atoms with Gasteiger partial charge in [0, 0.05) is 24.9 Å². The molecule has 0 N–H and O–H groups in total. The highest BCUT2D eigenvalue weighted by atomic mass is 32.3. The molecular weight excluding hydrogens is 494 g/mol. The average Bonchev–Trinajstić information content (AvgIpc) is 2.83. The van der Waals surface area contributed by atoms with Gasteiger partial charge in [-0.3, -0.25) is 8.42 Å². The Bertz CT molecular complexity index is 444. The molecule has 0 fully saturated rings. The van der Waals surface area contributed by atoms with E-state index in [9.17, 15) is 0 Å². The molecule has 0 aromatic heterocycles. The van der Waals surface area contributed by atoms with Gasteiger partial charge in [-0.2, -0.15) is 0 Å². The molecule has 35 heavy (non-hydrogen) atoms. The van der Waals surface area contributed by atoms with Crippen molar-refractivity contribution < 1.29 is 17.5 Å². The van der Waals surface area contributed by atoms with Crippen LogP contribution in [-0.2, 0) is 10.4 Å². The second-order valence-electron chi connectivity index (χ2n) is 10.2. The van der Waals surface area contributed by atoms with E-state index >= 15 is 0 Å². The molecule has 0 aliphatic carbocycles. The van der Waals surface area contributed by atoms with Crippen LogP contribution in [0.3, 0.4) is 0 Å². The Hall–Kier alpha value is 0.730. The second kappa shape index (κ2) is 26.3. The number of hydrogen-bond acceptors (Lipinski definition) is 4. The van der Waals surface area contributed by atoms with Crippen LogP contribution in [0.4, 0.5) is 0 Å². The van der Waals surface area contributed by atoms with Gasteiger partial charge in [-0.25, -0.2) is 0 Å². The first-order chi connectivity index (χ1) is 16.5. The maximum absolute atomic E-state index is 8.52. The minimum atomic E-state index is -5.17. The maximum atomic E-state index is 8.52. The monoisotopic (exact) mass is 558 g/mol. The van der Waals surface area contributed by atoms with E-state index in [-0.39, 0.29) is 0 Å². The molecule has 0 saturated heterocycles. The van der Waals surface area contributed by atoms with Gasteiger partial charge in [0.25, 0.3) is 0 Å². The maximum Gasteiger partial charge on any atom is 0.0594 e. The smallest absolute Gasteiger partial charge is 0.0594 e. The third-order valence-electron chi connectivity index (χ3n) is 7.26. The van der Waals surface area contributed by atoms with Crippen LogP contribution in [0.5, 0.6) is 0 Å². The second-order valence-corrected chi connectivity index (χ2v) is 20.3. The summed E-state index contributed by atoms with van der Waals surface area (Å²) in [6.45, 7) is 18.9. The molecule has 0 rings (SSSR count). The van der Waals surface area contributed by atoms with Gasteiger partial charge in [0.1, 0.15) is 0 Å². The third kappa shape index (κ3) is 27.6. The summed E-state index contributed by atoms with van der Waals surface area (Å²) in [6.07, 6.45) is 29.7. The fourth-order valence-corrected chi connectivity index (χ4v) is 13.7. The molecule has 0 radical (unpaired) electrons. The van der Waals surface area contributed by atoms with E-state index in [1.807, 2.05) is 0 Å². The summed E-state index contributed by atoms with van der Waals surface area (Å²) in [6, 6.07) is 0. The van der Waals surface area contributed by atoms with E-state index < -0.39 is 24.9 Å². The molecule has 0 aromatic rings. The molecule has 0 unspecified atom stereocenters. The summed E-state index contributed by atoms with van der Waals surface area (Å²) in [7, 11) is -6.22. The number of rotatable bonds is 20. The number of hydrogen-bond donors (Lipinski definition) is 0. The minimum Gasteiger partial charge on any atom is -0.759 e. The summed E-state index contributed by atoms with van der Waals surface area (Å²) < 4.78 is 34.1. The molecule has 0 aromatic carbocycles. The summed E-state index contributed by atoms with van der Waals surface area (Å²) in [5, 5.41) is 0. The van der Waals surface area contributed by atoms with Crippen LogP contribution in [0.2, 0.25) is 0 Å². The van der Waals surface area contributed by atoms with E-state index in [1.165, 1.54) is 89.4 Å². The van der Waals surface area contributed by atoms with Crippen molar-refractivity contribution >= 4 is 24.9 Å². The Morgan fingerprint density at radius 3 is 0.657 bits per heavy atom. The van der Waals surface area contributed by atoms with E-state index in [4.69, 9.17) is 17.5 Å². The molecule has 4 nitrogen and oxygen atoms in total. The Morgan fingerprint density at radius 1 is 0.429 bits per heavy atom. The Balaban J connectivity index is -0.000000491. The first-order valence-corrected chi connectivity index (χ1v) is 21.2. The lowest BCUT2D eigenvalue weighted by Gasteiger charge is -2.26. The Labute approximate surface area is 223 Å². The average molecular weight is 559 g/mol. The van der Waals surface area contributed by atoms with Gasteiger partial charge in [0.2, 0.25) is 0 Å². The van der Waals surface area contributed by atoms with Crippen molar-refractivity contribution in [3.63, 3.8) is 0 Å². The summed E-state index contributed by atoms with van der Waals surface area (Å²) in [5.74, 6) is 0. The first kappa shape index (κ1) is 40.2. The van der Waals surface area contributed by atoms with Gasteiger partial charge < -0.3 is 9.11 Å². The van der Waals surface area contributed by atoms with Crippen LogP contribution in [0.15, 0.2) is 0 Å². The van der Waals surface area contributed by atoms with Gasteiger partial charge >= 0.3 is 0 Å². The van der Waals surface area contributed by atoms with Gasteiger partial charge in [0.05, 0.1) is 49.3 Å². The summed E-state index contributed by atoms with van der Waals surface area (Å²) in [4.78, 5) is 0. The van der Waals surface area contributed by atoms with E-state index in [0.29, 0.717) is 0 Å². The van der Waals surface area contributed by atoms with E-state index in [2.05, 4.69) is 55.4 Å². The summed E-state index contributed by atoms with van der Waals surface area (Å²) >= 11 is 0. The molecule has 0 aliphatic rings. The Morgan fingerprint density at radius 2 is 0.571 bits per heavy atom. The largest absolute Gasteiger partial charge is 0.759 e. The van der Waals surface area contributed by atoms with Crippen molar-refractivity contribution in [2.45, 2.75) is 132 Å². The lowest BCUT2D eigenvalue weighted by molar-refractivity contribution is 0.352. The zero-order valence-electron chi connectivity index (χ0n) is 25.1. The van der Waals surface area contributed by atoms with Crippen LogP contribution in [-0.4, -0.2) is 66.8 Å². The van der Waals surface area contributed by atoms with Crippen molar-refractivity contribution in [3.8, 4) is 0 Å². The molecule has 7 heteroatoms. The molecule has 0 bridgehead atoms. The predicted molar refractivity (Wildman–Crippen MR) is 164 cm³/mol. The zero-order valence-corrected chi connectivity index (χ0v) is 27.7. The van der Waals surface area contributed by atoms with Crippen molar-refractivity contribution in [3.05, 3.63) is 0 Å². The van der Waals surface area contributed by atoms with Crippen LogP contribution >= 0.6 is 14.5 Å². The van der Waals surface area contributed by atoms with E-state index in [1.54, 1.807) is 37.0 Å². The molecule has 0 atom stereocenters. The Kier molecular flexibility index (Phi) is 30.3. The van der Waals surface area contributed by atoms with Crippen molar-refractivity contribution in [1.82, 2.24) is 0 Å². The fraction of sp³-hybridized carbons (Fsp3) is 1.00. The quantitative estimate of drug-likeness (QED) is 0.0846. The highest BCUT2D eigenvalue weighted by Crippen LogP contribution is 2.61.